The van der Waals surface area contributed by atoms with E-state index in [0.717, 1.165) is 0 Å². The molecule has 120 valence electrons. The van der Waals surface area contributed by atoms with E-state index in [2.05, 4.69) is 0 Å². The van der Waals surface area contributed by atoms with Crippen LogP contribution in [0.2, 0.25) is 0 Å². The van der Waals surface area contributed by atoms with E-state index in [1.807, 2.05) is 0 Å². The lowest BCUT2D eigenvalue weighted by Gasteiger charge is -1.85. The molecule has 0 bridgehead atoms. The number of hydrogen-bond acceptors (Lipinski definition) is 5. The van der Waals surface area contributed by atoms with Crippen LogP contribution in [0.5, 0.6) is 0 Å². The van der Waals surface area contributed by atoms with Gasteiger partial charge in [0.1, 0.15) is 0 Å². The molecule has 0 spiro atoms. The third kappa shape index (κ3) is 47.1. The molecule has 0 amide bonds. The Balaban J connectivity index is -0.000000239. The minimum Gasteiger partial charge on any atom is -0.481 e. The molecule has 0 aliphatic rings. The van der Waals surface area contributed by atoms with Gasteiger partial charge in [-0.15, -0.1) is 0 Å². The number of carboxylic acids is 5. The van der Waals surface area contributed by atoms with Gasteiger partial charge in [-0.05, 0) is 0 Å². The van der Waals surface area contributed by atoms with Crippen molar-refractivity contribution in [2.45, 2.75) is 26.2 Å². The Labute approximate surface area is 118 Å². The van der Waals surface area contributed by atoms with E-state index in [9.17, 15) is 24.0 Å². The van der Waals surface area contributed by atoms with Crippen molar-refractivity contribution in [3.05, 3.63) is 12.2 Å². The van der Waals surface area contributed by atoms with E-state index < -0.39 is 29.8 Å². The van der Waals surface area contributed by atoms with E-state index in [0.29, 0.717) is 12.2 Å². The number of carbonyl (C=O) groups is 5. The molecule has 5 N–H and O–H groups in total. The first-order valence-corrected chi connectivity index (χ1v) is 5.32. The Morgan fingerprint density at radius 1 is 0.667 bits per heavy atom. The van der Waals surface area contributed by atoms with Crippen LogP contribution >= 0.6 is 0 Å². The van der Waals surface area contributed by atoms with Gasteiger partial charge in [-0.25, -0.2) is 9.59 Å². The average Bonchev–Trinajstić information content (AvgIpc) is 2.35. The third-order valence-corrected chi connectivity index (χ3v) is 1.22. The van der Waals surface area contributed by atoms with Gasteiger partial charge in [-0.2, -0.15) is 0 Å². The van der Waals surface area contributed by atoms with Crippen molar-refractivity contribution >= 4 is 29.8 Å². The summed E-state index contributed by atoms with van der Waals surface area (Å²) in [7, 11) is 0. The van der Waals surface area contributed by atoms with Gasteiger partial charge in [0.15, 0.2) is 0 Å². The molecular formula is C11H16O10. The van der Waals surface area contributed by atoms with Gasteiger partial charge in [-0.3, -0.25) is 14.4 Å². The Hall–Kier alpha value is -2.91. The van der Waals surface area contributed by atoms with E-state index in [-0.39, 0.29) is 19.3 Å². The molecule has 21 heavy (non-hydrogen) atoms. The van der Waals surface area contributed by atoms with Gasteiger partial charge >= 0.3 is 29.8 Å². The molecule has 10 nitrogen and oxygen atoms in total. The molecule has 0 aliphatic carbocycles. The highest BCUT2D eigenvalue weighted by molar-refractivity contribution is 5.89. The summed E-state index contributed by atoms with van der Waals surface area (Å²) < 4.78 is 0. The Morgan fingerprint density at radius 3 is 1.00 bits per heavy atom. The van der Waals surface area contributed by atoms with Crippen LogP contribution in [-0.2, 0) is 24.0 Å². The largest absolute Gasteiger partial charge is 0.481 e. The summed E-state index contributed by atoms with van der Waals surface area (Å²) in [6, 6.07) is 0. The number of carboxylic acid groups (broad SMARTS) is 5. The van der Waals surface area contributed by atoms with Crippen LogP contribution in [-0.4, -0.2) is 55.4 Å². The predicted molar refractivity (Wildman–Crippen MR) is 66.8 cm³/mol. The van der Waals surface area contributed by atoms with Gasteiger partial charge in [0.25, 0.3) is 0 Å². The second kappa shape index (κ2) is 15.1. The standard InChI is InChI=1S/C4H6O4.C4H4O4.C3H6O2/c2*5-3(6)1-2-4(7)8;1-2-3(4)5/h1-2H2,(H,5,6)(H,7,8);1-2H,(H,5,6)(H,7,8);2H2,1H3,(H,4,5)/b;2-1-;. The summed E-state index contributed by atoms with van der Waals surface area (Å²) in [6.07, 6.45) is 0.745. The van der Waals surface area contributed by atoms with Crippen LogP contribution in [0.15, 0.2) is 12.2 Å². The van der Waals surface area contributed by atoms with Crippen LogP contribution in [0.3, 0.4) is 0 Å². The molecule has 0 rings (SSSR count). The fourth-order valence-electron chi connectivity index (χ4n) is 0.356. The maximum Gasteiger partial charge on any atom is 0.328 e. The normalized spacial score (nSPS) is 8.62. The number of hydrogen-bond donors (Lipinski definition) is 5. The number of aliphatic carboxylic acids is 5. The Bertz CT molecular complexity index is 366. The first-order chi connectivity index (χ1) is 9.52. The van der Waals surface area contributed by atoms with Crippen molar-refractivity contribution in [2.75, 3.05) is 0 Å². The van der Waals surface area contributed by atoms with E-state index in [4.69, 9.17) is 25.5 Å². The molecule has 0 heterocycles. The fraction of sp³-hybridized carbons (Fsp3) is 0.364. The molecule has 0 saturated carbocycles. The van der Waals surface area contributed by atoms with Gasteiger partial charge in [-0.1, -0.05) is 6.92 Å². The molecular weight excluding hydrogens is 292 g/mol. The molecule has 0 radical (unpaired) electrons. The fourth-order valence-corrected chi connectivity index (χ4v) is 0.356. The SMILES string of the molecule is CCC(=O)O.O=C(O)/C=C\C(=O)O.O=C(O)CCC(=O)O. The Kier molecular flexibility index (Phi) is 16.7. The van der Waals surface area contributed by atoms with Crippen LogP contribution in [0.4, 0.5) is 0 Å². The molecule has 0 aromatic carbocycles. The molecule has 0 aromatic rings. The molecule has 0 unspecified atom stereocenters. The first-order valence-electron chi connectivity index (χ1n) is 5.32. The van der Waals surface area contributed by atoms with Crippen molar-refractivity contribution in [3.8, 4) is 0 Å². The van der Waals surface area contributed by atoms with Gasteiger partial charge in [0, 0.05) is 18.6 Å². The first kappa shape index (κ1) is 23.2. The zero-order valence-electron chi connectivity index (χ0n) is 11.1. The van der Waals surface area contributed by atoms with E-state index >= 15 is 0 Å². The molecule has 0 atom stereocenters. The van der Waals surface area contributed by atoms with E-state index in [1.165, 1.54) is 0 Å². The van der Waals surface area contributed by atoms with Crippen LogP contribution in [0.1, 0.15) is 26.2 Å². The topological polar surface area (TPSA) is 186 Å². The third-order valence-electron chi connectivity index (χ3n) is 1.22. The molecule has 0 saturated heterocycles. The van der Waals surface area contributed by atoms with Gasteiger partial charge in [0.2, 0.25) is 0 Å². The maximum atomic E-state index is 9.64. The van der Waals surface area contributed by atoms with Gasteiger partial charge in [0.05, 0.1) is 12.8 Å². The summed E-state index contributed by atoms with van der Waals surface area (Å²) in [6.45, 7) is 1.60. The lowest BCUT2D eigenvalue weighted by atomic mass is 10.3. The van der Waals surface area contributed by atoms with Crippen LogP contribution < -0.4 is 0 Å². The minimum absolute atomic E-state index is 0.222. The molecule has 10 heteroatoms. The smallest absolute Gasteiger partial charge is 0.328 e. The second-order valence-corrected chi connectivity index (χ2v) is 3.04. The lowest BCUT2D eigenvalue weighted by Crippen LogP contribution is -2.00. The van der Waals surface area contributed by atoms with Crippen molar-refractivity contribution in [3.63, 3.8) is 0 Å². The minimum atomic E-state index is -1.26. The Morgan fingerprint density at radius 2 is 0.905 bits per heavy atom. The summed E-state index contributed by atoms with van der Waals surface area (Å²) in [5.41, 5.74) is 0. The van der Waals surface area contributed by atoms with Crippen LogP contribution in [0.25, 0.3) is 0 Å². The highest BCUT2D eigenvalue weighted by atomic mass is 16.4. The highest BCUT2D eigenvalue weighted by Gasteiger charge is 2.00. The second-order valence-electron chi connectivity index (χ2n) is 3.04. The number of rotatable bonds is 6. The predicted octanol–water partition coefficient (Wildman–Crippen LogP) is 0.129. The molecule has 0 fully saturated rings. The van der Waals surface area contributed by atoms with Crippen LogP contribution in [0, 0.1) is 0 Å². The quantitative estimate of drug-likeness (QED) is 0.422. The average molecular weight is 308 g/mol. The monoisotopic (exact) mass is 308 g/mol. The summed E-state index contributed by atoms with van der Waals surface area (Å²) in [4.78, 5) is 47.8. The van der Waals surface area contributed by atoms with Crippen molar-refractivity contribution in [2.24, 2.45) is 0 Å². The molecule has 0 aliphatic heterocycles. The van der Waals surface area contributed by atoms with Gasteiger partial charge < -0.3 is 25.5 Å². The van der Waals surface area contributed by atoms with Crippen molar-refractivity contribution in [1.82, 2.24) is 0 Å². The summed E-state index contributed by atoms with van der Waals surface area (Å²) in [5, 5.41) is 39.1. The van der Waals surface area contributed by atoms with Crippen molar-refractivity contribution in [1.29, 1.82) is 0 Å². The maximum absolute atomic E-state index is 9.64. The van der Waals surface area contributed by atoms with E-state index in [1.54, 1.807) is 6.92 Å². The lowest BCUT2D eigenvalue weighted by molar-refractivity contribution is -0.143. The summed E-state index contributed by atoms with van der Waals surface area (Å²) in [5.74, 6) is -5.41. The zero-order valence-corrected chi connectivity index (χ0v) is 11.1. The summed E-state index contributed by atoms with van der Waals surface area (Å²) >= 11 is 0. The van der Waals surface area contributed by atoms with Crippen molar-refractivity contribution < 1.29 is 49.5 Å². The highest BCUT2D eigenvalue weighted by Crippen LogP contribution is 1.86. The molecule has 0 aromatic heterocycles. The zero-order chi connectivity index (χ0) is 17.4.